The molecule has 1 unspecified atom stereocenters. The van der Waals surface area contributed by atoms with Crippen LogP contribution in [0.25, 0.3) is 0 Å². The Morgan fingerprint density at radius 3 is 2.24 bits per heavy atom. The maximum absolute atomic E-state index is 12.1. The van der Waals surface area contributed by atoms with Crippen LogP contribution in [0.3, 0.4) is 0 Å². The summed E-state index contributed by atoms with van der Waals surface area (Å²) in [6.07, 6.45) is 0.872. The first-order valence-electron chi connectivity index (χ1n) is 9.69. The molecule has 29 heavy (non-hydrogen) atoms. The molecule has 0 bridgehead atoms. The molecule has 2 amide bonds. The van der Waals surface area contributed by atoms with Crippen LogP contribution < -0.4 is 20.7 Å². The number of benzene rings is 2. The Morgan fingerprint density at radius 1 is 1.03 bits per heavy atom. The van der Waals surface area contributed by atoms with Gasteiger partial charge >= 0.3 is 0 Å². The lowest BCUT2D eigenvalue weighted by Gasteiger charge is -2.12. The van der Waals surface area contributed by atoms with Gasteiger partial charge in [0.2, 0.25) is 5.91 Å². The maximum Gasteiger partial charge on any atom is 0.251 e. The van der Waals surface area contributed by atoms with Crippen molar-refractivity contribution in [3.8, 4) is 5.75 Å². The molecule has 0 aliphatic heterocycles. The second-order valence-electron chi connectivity index (χ2n) is 7.03. The van der Waals surface area contributed by atoms with Crippen molar-refractivity contribution in [3.63, 3.8) is 0 Å². The summed E-state index contributed by atoms with van der Waals surface area (Å²) in [6, 6.07) is 14.3. The van der Waals surface area contributed by atoms with E-state index in [1.54, 1.807) is 24.3 Å². The average Bonchev–Trinajstić information content (AvgIpc) is 2.71. The highest BCUT2D eigenvalue weighted by molar-refractivity contribution is 5.96. The first-order chi connectivity index (χ1) is 13.9. The van der Waals surface area contributed by atoms with Gasteiger partial charge < -0.3 is 20.7 Å². The molecule has 0 saturated carbocycles. The van der Waals surface area contributed by atoms with Crippen molar-refractivity contribution in [2.24, 2.45) is 0 Å². The smallest absolute Gasteiger partial charge is 0.251 e. The van der Waals surface area contributed by atoms with Gasteiger partial charge in [0.25, 0.3) is 5.91 Å². The molecule has 6 nitrogen and oxygen atoms in total. The van der Waals surface area contributed by atoms with E-state index in [9.17, 15) is 9.59 Å². The highest BCUT2D eigenvalue weighted by Crippen LogP contribution is 2.16. The molecule has 6 heteroatoms. The lowest BCUT2D eigenvalue weighted by atomic mass is 10.1. The third kappa shape index (κ3) is 7.70. The molecule has 0 aliphatic carbocycles. The molecule has 0 fully saturated rings. The van der Waals surface area contributed by atoms with Gasteiger partial charge in [-0.3, -0.25) is 9.59 Å². The molecule has 0 heterocycles. The van der Waals surface area contributed by atoms with E-state index in [4.69, 9.17) is 4.74 Å². The van der Waals surface area contributed by atoms with E-state index in [1.807, 2.05) is 45.0 Å². The average molecular weight is 396 g/mol. The third-order valence-corrected chi connectivity index (χ3v) is 4.21. The summed E-state index contributed by atoms with van der Waals surface area (Å²) in [5.74, 6) is 0.458. The molecule has 0 saturated heterocycles. The van der Waals surface area contributed by atoms with E-state index >= 15 is 0 Å². The second kappa shape index (κ2) is 10.9. The van der Waals surface area contributed by atoms with E-state index in [1.165, 1.54) is 0 Å². The molecule has 0 radical (unpaired) electrons. The molecule has 0 aliphatic rings. The van der Waals surface area contributed by atoms with Crippen LogP contribution in [0.2, 0.25) is 0 Å². The van der Waals surface area contributed by atoms with Gasteiger partial charge in [-0.2, -0.15) is 0 Å². The number of hydrogen-bond acceptors (Lipinski definition) is 4. The molecule has 2 aromatic carbocycles. The van der Waals surface area contributed by atoms with Crippen molar-refractivity contribution in [2.45, 2.75) is 33.2 Å². The van der Waals surface area contributed by atoms with Crippen molar-refractivity contribution in [1.82, 2.24) is 5.32 Å². The summed E-state index contributed by atoms with van der Waals surface area (Å²) in [6.45, 7) is 10.3. The lowest BCUT2D eigenvalue weighted by Crippen LogP contribution is -2.31. The summed E-state index contributed by atoms with van der Waals surface area (Å²) in [4.78, 5) is 24.2. The SMILES string of the molecule is C=C(C)COc1ccc(NCC(=O)Nc2ccc(C(=O)NC(C)CC)cc2)cc1. The zero-order valence-corrected chi connectivity index (χ0v) is 17.2. The van der Waals surface area contributed by atoms with Gasteiger partial charge in [0.05, 0.1) is 6.54 Å². The fourth-order valence-corrected chi connectivity index (χ4v) is 2.38. The van der Waals surface area contributed by atoms with Crippen LogP contribution in [0.5, 0.6) is 5.75 Å². The van der Waals surface area contributed by atoms with Crippen LogP contribution >= 0.6 is 0 Å². The molecule has 0 aromatic heterocycles. The minimum atomic E-state index is -0.176. The number of amides is 2. The highest BCUT2D eigenvalue weighted by atomic mass is 16.5. The molecule has 3 N–H and O–H groups in total. The minimum Gasteiger partial charge on any atom is -0.489 e. The summed E-state index contributed by atoms with van der Waals surface area (Å²) >= 11 is 0. The minimum absolute atomic E-state index is 0.116. The Kier molecular flexibility index (Phi) is 8.27. The van der Waals surface area contributed by atoms with Gasteiger partial charge in [-0.25, -0.2) is 0 Å². The molecule has 1 atom stereocenters. The quantitative estimate of drug-likeness (QED) is 0.526. The van der Waals surface area contributed by atoms with Gasteiger partial charge in [0.15, 0.2) is 0 Å². The number of anilines is 2. The molecular formula is C23H29N3O3. The van der Waals surface area contributed by atoms with Crippen LogP contribution in [0, 0.1) is 0 Å². The van der Waals surface area contributed by atoms with Crippen LogP contribution in [0.15, 0.2) is 60.7 Å². The predicted octanol–water partition coefficient (Wildman–Crippen LogP) is 4.22. The first-order valence-corrected chi connectivity index (χ1v) is 9.69. The van der Waals surface area contributed by atoms with Crippen molar-refractivity contribution < 1.29 is 14.3 Å². The van der Waals surface area contributed by atoms with Crippen LogP contribution in [0.4, 0.5) is 11.4 Å². The normalized spacial score (nSPS) is 11.3. The lowest BCUT2D eigenvalue weighted by molar-refractivity contribution is -0.114. The summed E-state index contributed by atoms with van der Waals surface area (Å²) in [5.41, 5.74) is 2.98. The topological polar surface area (TPSA) is 79.5 Å². The monoisotopic (exact) mass is 395 g/mol. The maximum atomic E-state index is 12.1. The van der Waals surface area contributed by atoms with Crippen LogP contribution in [-0.2, 0) is 4.79 Å². The van der Waals surface area contributed by atoms with E-state index in [2.05, 4.69) is 22.5 Å². The van der Waals surface area contributed by atoms with Gasteiger partial charge in [-0.15, -0.1) is 0 Å². The van der Waals surface area contributed by atoms with Crippen molar-refractivity contribution in [1.29, 1.82) is 0 Å². The van der Waals surface area contributed by atoms with E-state index in [-0.39, 0.29) is 24.4 Å². The van der Waals surface area contributed by atoms with Gasteiger partial charge in [0.1, 0.15) is 12.4 Å². The molecule has 2 aromatic rings. The molecular weight excluding hydrogens is 366 g/mol. The molecule has 2 rings (SSSR count). The molecule has 154 valence electrons. The van der Waals surface area contributed by atoms with E-state index in [0.29, 0.717) is 17.9 Å². The Morgan fingerprint density at radius 2 is 1.66 bits per heavy atom. The third-order valence-electron chi connectivity index (χ3n) is 4.21. The predicted molar refractivity (Wildman–Crippen MR) is 118 cm³/mol. The molecule has 0 spiro atoms. The Bertz CT molecular complexity index is 829. The Hall–Kier alpha value is -3.28. The highest BCUT2D eigenvalue weighted by Gasteiger charge is 2.09. The first kappa shape index (κ1) is 22.0. The summed E-state index contributed by atoms with van der Waals surface area (Å²) in [5, 5.41) is 8.78. The fourth-order valence-electron chi connectivity index (χ4n) is 2.38. The van der Waals surface area contributed by atoms with Crippen molar-refractivity contribution in [3.05, 3.63) is 66.2 Å². The van der Waals surface area contributed by atoms with Crippen molar-refractivity contribution in [2.75, 3.05) is 23.8 Å². The zero-order chi connectivity index (χ0) is 21.2. The largest absolute Gasteiger partial charge is 0.489 e. The number of carbonyl (C=O) groups excluding carboxylic acids is 2. The summed E-state index contributed by atoms with van der Waals surface area (Å²) < 4.78 is 5.55. The number of hydrogen-bond donors (Lipinski definition) is 3. The second-order valence-corrected chi connectivity index (χ2v) is 7.03. The van der Waals surface area contributed by atoms with Crippen LogP contribution in [0.1, 0.15) is 37.6 Å². The van der Waals surface area contributed by atoms with Crippen molar-refractivity contribution >= 4 is 23.2 Å². The zero-order valence-electron chi connectivity index (χ0n) is 17.2. The van der Waals surface area contributed by atoms with Gasteiger partial charge in [-0.05, 0) is 74.4 Å². The van der Waals surface area contributed by atoms with Gasteiger partial charge in [0, 0.05) is 23.0 Å². The number of nitrogens with one attached hydrogen (secondary N) is 3. The Labute approximate surface area is 172 Å². The van der Waals surface area contributed by atoms with E-state index < -0.39 is 0 Å². The van der Waals surface area contributed by atoms with Gasteiger partial charge in [-0.1, -0.05) is 13.5 Å². The fraction of sp³-hybridized carbons (Fsp3) is 0.304. The number of rotatable bonds is 10. The van der Waals surface area contributed by atoms with E-state index in [0.717, 1.165) is 23.4 Å². The summed E-state index contributed by atoms with van der Waals surface area (Å²) in [7, 11) is 0. The number of ether oxygens (including phenoxy) is 1. The number of carbonyl (C=O) groups is 2. The Balaban J connectivity index is 1.80. The van der Waals surface area contributed by atoms with Crippen LogP contribution in [-0.4, -0.2) is 31.0 Å². The standard InChI is InChI=1S/C23H29N3O3/c1-5-17(4)25-23(28)18-6-8-20(9-7-18)26-22(27)14-24-19-10-12-21(13-11-19)29-15-16(2)3/h6-13,17,24H,2,5,14-15H2,1,3-4H3,(H,25,28)(H,26,27).